The molecule has 0 saturated heterocycles. The van der Waals surface area contributed by atoms with E-state index in [9.17, 15) is 0 Å². The van der Waals surface area contributed by atoms with Gasteiger partial charge < -0.3 is 9.32 Å². The van der Waals surface area contributed by atoms with Gasteiger partial charge in [0.2, 0.25) is 0 Å². The first kappa shape index (κ1) is 30.2. The van der Waals surface area contributed by atoms with Gasteiger partial charge in [0.05, 0.1) is 5.69 Å². The summed E-state index contributed by atoms with van der Waals surface area (Å²) in [5, 5.41) is 6.98. The molecule has 0 unspecified atom stereocenters. The molecule has 2 heteroatoms. The number of rotatable bonds is 6. The number of fused-ring (bicyclic) bond motifs is 6. The van der Waals surface area contributed by atoms with Crippen molar-refractivity contribution in [3.63, 3.8) is 0 Å². The summed E-state index contributed by atoms with van der Waals surface area (Å²) in [7, 11) is 0. The lowest BCUT2D eigenvalue weighted by Crippen LogP contribution is -2.19. The predicted molar refractivity (Wildman–Crippen MR) is 220 cm³/mol. The molecular formula is C50H35NO. The van der Waals surface area contributed by atoms with Crippen LogP contribution >= 0.6 is 0 Å². The number of furan rings is 1. The normalized spacial score (nSPS) is 13.1. The molecule has 1 aliphatic rings. The van der Waals surface area contributed by atoms with E-state index in [-0.39, 0.29) is 0 Å². The van der Waals surface area contributed by atoms with Crippen LogP contribution in [-0.2, 0) is 0 Å². The summed E-state index contributed by atoms with van der Waals surface area (Å²) in [4.78, 5) is 2.53. The molecular weight excluding hydrogens is 631 g/mol. The lowest BCUT2D eigenvalue weighted by atomic mass is 9.92. The van der Waals surface area contributed by atoms with Crippen molar-refractivity contribution in [1.82, 2.24) is 0 Å². The molecule has 0 radical (unpaired) electrons. The van der Waals surface area contributed by atoms with E-state index in [1.165, 1.54) is 49.9 Å². The van der Waals surface area contributed by atoms with Crippen LogP contribution in [-0.4, -0.2) is 0 Å². The monoisotopic (exact) mass is 665 g/mol. The zero-order valence-electron chi connectivity index (χ0n) is 28.7. The Balaban J connectivity index is 1.26. The van der Waals surface area contributed by atoms with E-state index in [4.69, 9.17) is 4.42 Å². The highest BCUT2D eigenvalue weighted by molar-refractivity contribution is 6.22. The first-order valence-electron chi connectivity index (χ1n) is 18.1. The van der Waals surface area contributed by atoms with Crippen molar-refractivity contribution in [1.29, 1.82) is 0 Å². The SMILES string of the molecule is C1=CC(c2ccc(-c3ccccc3)cc2)=C(N(c2ccc3ccccc3c2)c2cc3c(oc4cccc(-c5ccccc5)c43)c3ccccc23)CC1. The standard InChI is InChI=1S/C50H35NO/c1-3-14-34(15-4-1)36-26-28-38(29-27-36)41-20-11-12-24-46(41)51(40-31-30-35-16-7-8-19-39(35)32-40)47-33-45-49-42(37-17-5-2-6-18-37)23-13-25-48(49)52-50(45)44-22-10-9-21-43(44)47/h1-11,13-23,25-33H,12,24H2. The maximum atomic E-state index is 6.77. The number of anilines is 2. The van der Waals surface area contributed by atoms with Gasteiger partial charge in [-0.2, -0.15) is 0 Å². The molecule has 0 bridgehead atoms. The second-order valence-corrected chi connectivity index (χ2v) is 13.6. The molecule has 2 nitrogen and oxygen atoms in total. The van der Waals surface area contributed by atoms with Gasteiger partial charge in [0.15, 0.2) is 0 Å². The quantitative estimate of drug-likeness (QED) is 0.176. The van der Waals surface area contributed by atoms with Crippen LogP contribution in [0.2, 0.25) is 0 Å². The largest absolute Gasteiger partial charge is 0.455 e. The number of allylic oxidation sites excluding steroid dienone is 4. The minimum atomic E-state index is 0.898. The Morgan fingerprint density at radius 3 is 1.96 bits per heavy atom. The fourth-order valence-electron chi connectivity index (χ4n) is 8.05. The summed E-state index contributed by atoms with van der Waals surface area (Å²) in [5.41, 5.74) is 12.6. The third kappa shape index (κ3) is 5.11. The van der Waals surface area contributed by atoms with Crippen molar-refractivity contribution < 1.29 is 4.42 Å². The molecule has 52 heavy (non-hydrogen) atoms. The molecule has 0 spiro atoms. The van der Waals surface area contributed by atoms with Crippen molar-refractivity contribution in [2.75, 3.05) is 4.90 Å². The molecule has 0 N–H and O–H groups in total. The van der Waals surface area contributed by atoms with Gasteiger partial charge in [-0.05, 0) is 75.7 Å². The summed E-state index contributed by atoms with van der Waals surface area (Å²) in [5.74, 6) is 0. The number of nitrogens with zero attached hydrogens (tertiary/aromatic N) is 1. The van der Waals surface area contributed by atoms with Gasteiger partial charge >= 0.3 is 0 Å². The molecule has 246 valence electrons. The fraction of sp³-hybridized carbons (Fsp3) is 0.0400. The molecule has 1 heterocycles. The fourth-order valence-corrected chi connectivity index (χ4v) is 8.05. The van der Waals surface area contributed by atoms with Gasteiger partial charge in [-0.15, -0.1) is 0 Å². The van der Waals surface area contributed by atoms with Crippen LogP contribution in [0.3, 0.4) is 0 Å². The van der Waals surface area contributed by atoms with E-state index in [0.717, 1.165) is 56.9 Å². The van der Waals surface area contributed by atoms with Gasteiger partial charge in [0.25, 0.3) is 0 Å². The Hall–Kier alpha value is -6.64. The predicted octanol–water partition coefficient (Wildman–Crippen LogP) is 14.1. The molecule has 0 atom stereocenters. The molecule has 1 aliphatic carbocycles. The number of hydrogen-bond donors (Lipinski definition) is 0. The maximum Gasteiger partial charge on any atom is 0.143 e. The van der Waals surface area contributed by atoms with Crippen molar-refractivity contribution in [3.8, 4) is 22.3 Å². The van der Waals surface area contributed by atoms with Crippen LogP contribution in [0, 0.1) is 0 Å². The topological polar surface area (TPSA) is 16.4 Å². The lowest BCUT2D eigenvalue weighted by molar-refractivity contribution is 0.673. The second-order valence-electron chi connectivity index (χ2n) is 13.6. The Kier molecular flexibility index (Phi) is 7.32. The highest BCUT2D eigenvalue weighted by Crippen LogP contribution is 2.47. The Morgan fingerprint density at radius 1 is 0.481 bits per heavy atom. The van der Waals surface area contributed by atoms with Gasteiger partial charge in [-0.1, -0.05) is 164 Å². The highest BCUT2D eigenvalue weighted by atomic mass is 16.3. The van der Waals surface area contributed by atoms with Crippen LogP contribution in [0.4, 0.5) is 11.4 Å². The van der Waals surface area contributed by atoms with E-state index >= 15 is 0 Å². The molecule has 0 fully saturated rings. The summed E-state index contributed by atoms with van der Waals surface area (Å²) in [6.45, 7) is 0. The van der Waals surface area contributed by atoms with Crippen molar-refractivity contribution in [3.05, 3.63) is 199 Å². The smallest absolute Gasteiger partial charge is 0.143 e. The summed E-state index contributed by atoms with van der Waals surface area (Å²) in [6, 6.07) is 63.4. The Morgan fingerprint density at radius 2 is 1.15 bits per heavy atom. The van der Waals surface area contributed by atoms with E-state index in [1.807, 2.05) is 0 Å². The van der Waals surface area contributed by atoms with Gasteiger partial charge in [0, 0.05) is 38.5 Å². The van der Waals surface area contributed by atoms with E-state index in [1.54, 1.807) is 0 Å². The van der Waals surface area contributed by atoms with E-state index in [0.29, 0.717) is 0 Å². The third-order valence-electron chi connectivity index (χ3n) is 10.5. The molecule has 8 aromatic carbocycles. The molecule has 0 aliphatic heterocycles. The summed E-state index contributed by atoms with van der Waals surface area (Å²) in [6.07, 6.45) is 6.52. The first-order valence-corrected chi connectivity index (χ1v) is 18.1. The van der Waals surface area contributed by atoms with Crippen LogP contribution in [0.25, 0.3) is 71.3 Å². The maximum absolute atomic E-state index is 6.77. The number of benzene rings is 8. The molecule has 9 aromatic rings. The highest BCUT2D eigenvalue weighted by Gasteiger charge is 2.25. The zero-order chi connectivity index (χ0) is 34.4. The average Bonchev–Trinajstić information content (AvgIpc) is 3.61. The van der Waals surface area contributed by atoms with Gasteiger partial charge in [-0.3, -0.25) is 0 Å². The lowest BCUT2D eigenvalue weighted by Gasteiger charge is -2.32. The molecule has 10 rings (SSSR count). The number of hydrogen-bond acceptors (Lipinski definition) is 2. The van der Waals surface area contributed by atoms with E-state index in [2.05, 4.69) is 193 Å². The summed E-state index contributed by atoms with van der Waals surface area (Å²) >= 11 is 0. The molecule has 0 saturated carbocycles. The second kappa shape index (κ2) is 12.6. The van der Waals surface area contributed by atoms with Crippen molar-refractivity contribution >= 4 is 60.4 Å². The Labute approximate surface area is 303 Å². The van der Waals surface area contributed by atoms with Crippen molar-refractivity contribution in [2.24, 2.45) is 0 Å². The first-order chi connectivity index (χ1) is 25.8. The third-order valence-corrected chi connectivity index (χ3v) is 10.5. The van der Waals surface area contributed by atoms with Crippen LogP contribution in [0.5, 0.6) is 0 Å². The molecule has 0 amide bonds. The summed E-state index contributed by atoms with van der Waals surface area (Å²) < 4.78 is 6.77. The van der Waals surface area contributed by atoms with Crippen LogP contribution in [0.1, 0.15) is 18.4 Å². The zero-order valence-corrected chi connectivity index (χ0v) is 28.7. The van der Waals surface area contributed by atoms with Gasteiger partial charge in [-0.25, -0.2) is 0 Å². The molecule has 1 aromatic heterocycles. The van der Waals surface area contributed by atoms with Crippen LogP contribution < -0.4 is 4.90 Å². The minimum absolute atomic E-state index is 0.898. The van der Waals surface area contributed by atoms with Gasteiger partial charge in [0.1, 0.15) is 11.2 Å². The van der Waals surface area contributed by atoms with Crippen LogP contribution in [0.15, 0.2) is 198 Å². The Bertz CT molecular complexity index is 2820. The van der Waals surface area contributed by atoms with E-state index < -0.39 is 0 Å². The van der Waals surface area contributed by atoms with Crippen molar-refractivity contribution in [2.45, 2.75) is 12.8 Å². The minimum Gasteiger partial charge on any atom is -0.455 e. The average molecular weight is 666 g/mol.